The van der Waals surface area contributed by atoms with E-state index in [9.17, 15) is 18.0 Å². The maximum Gasteiger partial charge on any atom is 0.471 e. The zero-order valence-corrected chi connectivity index (χ0v) is 12.7. The number of hydrogen-bond donors (Lipinski definition) is 2. The molecule has 0 aliphatic heterocycles. The second-order valence-electron chi connectivity index (χ2n) is 4.93. The molecule has 1 aromatic carbocycles. The fraction of sp³-hybridized carbons (Fsp3) is 0.357. The van der Waals surface area contributed by atoms with Crippen molar-refractivity contribution in [2.45, 2.75) is 12.6 Å². The second-order valence-corrected chi connectivity index (χ2v) is 4.93. The molecule has 7 nitrogen and oxygen atoms in total. The van der Waals surface area contributed by atoms with Crippen LogP contribution in [0.25, 0.3) is 11.4 Å². The number of rotatable bonds is 5. The SMILES string of the molecule is CN(CCCO)C(=O)Nc1ccc(-c2noc(C(F)(F)F)n2)cc1. The summed E-state index contributed by atoms with van der Waals surface area (Å²) in [6, 6.07) is 5.59. The summed E-state index contributed by atoms with van der Waals surface area (Å²) in [5.41, 5.74) is 0.778. The molecule has 2 amide bonds. The fourth-order valence-electron chi connectivity index (χ4n) is 1.79. The molecule has 0 saturated heterocycles. The number of amides is 2. The monoisotopic (exact) mass is 344 g/mol. The predicted octanol–water partition coefficient (Wildman–Crippen LogP) is 2.60. The molecule has 0 fully saturated rings. The molecule has 2 N–H and O–H groups in total. The number of halogens is 3. The van der Waals surface area contributed by atoms with Crippen molar-refractivity contribution in [1.29, 1.82) is 0 Å². The Morgan fingerprint density at radius 3 is 2.54 bits per heavy atom. The van der Waals surface area contributed by atoms with Gasteiger partial charge in [-0.1, -0.05) is 5.16 Å². The Hall–Kier alpha value is -2.62. The first kappa shape index (κ1) is 17.7. The third-order valence-electron chi connectivity index (χ3n) is 3.06. The third-order valence-corrected chi connectivity index (χ3v) is 3.06. The Morgan fingerprint density at radius 2 is 2.00 bits per heavy atom. The Morgan fingerprint density at radius 1 is 1.33 bits per heavy atom. The van der Waals surface area contributed by atoms with Gasteiger partial charge in [0.05, 0.1) is 0 Å². The van der Waals surface area contributed by atoms with Gasteiger partial charge in [0.15, 0.2) is 0 Å². The maximum absolute atomic E-state index is 12.4. The van der Waals surface area contributed by atoms with Gasteiger partial charge >= 0.3 is 18.1 Å². The molecule has 0 bridgehead atoms. The van der Waals surface area contributed by atoms with Gasteiger partial charge in [0.25, 0.3) is 0 Å². The Bertz CT molecular complexity index is 685. The molecule has 2 aromatic rings. The van der Waals surface area contributed by atoms with Crippen LogP contribution in [0.4, 0.5) is 23.7 Å². The van der Waals surface area contributed by atoms with E-state index >= 15 is 0 Å². The lowest BCUT2D eigenvalue weighted by Gasteiger charge is -2.17. The zero-order chi connectivity index (χ0) is 17.7. The van der Waals surface area contributed by atoms with E-state index < -0.39 is 12.1 Å². The van der Waals surface area contributed by atoms with Crippen LogP contribution in [0.15, 0.2) is 28.8 Å². The number of benzene rings is 1. The predicted molar refractivity (Wildman–Crippen MR) is 78.1 cm³/mol. The number of aromatic nitrogens is 2. The van der Waals surface area contributed by atoms with Gasteiger partial charge in [-0.25, -0.2) is 4.79 Å². The van der Waals surface area contributed by atoms with Crippen molar-refractivity contribution in [3.8, 4) is 11.4 Å². The summed E-state index contributed by atoms with van der Waals surface area (Å²) >= 11 is 0. The van der Waals surface area contributed by atoms with Gasteiger partial charge in [-0.15, -0.1) is 0 Å². The second kappa shape index (κ2) is 7.30. The number of carbonyl (C=O) groups excluding carboxylic acids is 1. The molecule has 1 heterocycles. The molecular weight excluding hydrogens is 329 g/mol. The Balaban J connectivity index is 2.03. The molecule has 1 aromatic heterocycles. The van der Waals surface area contributed by atoms with Gasteiger partial charge in [-0.3, -0.25) is 0 Å². The molecule has 130 valence electrons. The first-order valence-electron chi connectivity index (χ1n) is 6.95. The van der Waals surface area contributed by atoms with Gasteiger partial charge in [0.1, 0.15) is 0 Å². The molecule has 0 atom stereocenters. The topological polar surface area (TPSA) is 91.5 Å². The first-order valence-corrected chi connectivity index (χ1v) is 6.95. The highest BCUT2D eigenvalue weighted by Crippen LogP contribution is 2.29. The molecule has 0 spiro atoms. The minimum atomic E-state index is -4.70. The summed E-state index contributed by atoms with van der Waals surface area (Å²) in [5.74, 6) is -1.61. The summed E-state index contributed by atoms with van der Waals surface area (Å²) in [5, 5.41) is 14.6. The number of nitrogens with one attached hydrogen (secondary N) is 1. The van der Waals surface area contributed by atoms with Crippen LogP contribution < -0.4 is 5.32 Å². The van der Waals surface area contributed by atoms with Crippen LogP contribution in [0.5, 0.6) is 0 Å². The molecule has 0 aliphatic rings. The quantitative estimate of drug-likeness (QED) is 0.870. The number of nitrogens with zero attached hydrogens (tertiary/aromatic N) is 3. The first-order chi connectivity index (χ1) is 11.3. The largest absolute Gasteiger partial charge is 0.471 e. The van der Waals surface area contributed by atoms with E-state index in [0.717, 1.165) is 0 Å². The van der Waals surface area contributed by atoms with Crippen LogP contribution in [-0.2, 0) is 6.18 Å². The number of carbonyl (C=O) groups is 1. The van der Waals surface area contributed by atoms with Crippen LogP contribution in [0.3, 0.4) is 0 Å². The third kappa shape index (κ3) is 4.44. The molecule has 2 rings (SSSR count). The van der Waals surface area contributed by atoms with Crippen LogP contribution in [-0.4, -0.2) is 46.4 Å². The van der Waals surface area contributed by atoms with Crippen molar-refractivity contribution < 1.29 is 27.6 Å². The number of aliphatic hydroxyl groups excluding tert-OH is 1. The van der Waals surface area contributed by atoms with Crippen molar-refractivity contribution in [3.63, 3.8) is 0 Å². The Labute approximate surface area is 135 Å². The highest BCUT2D eigenvalue weighted by molar-refractivity contribution is 5.89. The Kier molecular flexibility index (Phi) is 5.39. The standard InChI is InChI=1S/C14H15F3N4O3/c1-21(7-2-8-22)13(23)18-10-5-3-9(4-6-10)11-19-12(24-20-11)14(15,16)17/h3-6,22H,2,7-8H2,1H3,(H,18,23). The number of anilines is 1. The number of urea groups is 1. The smallest absolute Gasteiger partial charge is 0.396 e. The van der Waals surface area contributed by atoms with Gasteiger partial charge in [0.2, 0.25) is 5.82 Å². The van der Waals surface area contributed by atoms with E-state index in [1.54, 1.807) is 7.05 Å². The van der Waals surface area contributed by atoms with Gasteiger partial charge < -0.3 is 19.8 Å². The van der Waals surface area contributed by atoms with E-state index in [-0.39, 0.29) is 18.5 Å². The van der Waals surface area contributed by atoms with Crippen LogP contribution in [0, 0.1) is 0 Å². The van der Waals surface area contributed by atoms with Gasteiger partial charge in [0, 0.05) is 31.5 Å². The minimum Gasteiger partial charge on any atom is -0.396 e. The van der Waals surface area contributed by atoms with Crippen molar-refractivity contribution in [1.82, 2.24) is 15.0 Å². The van der Waals surface area contributed by atoms with E-state index in [1.807, 2.05) is 0 Å². The summed E-state index contributed by atoms with van der Waals surface area (Å²) in [7, 11) is 1.58. The average molecular weight is 344 g/mol. The summed E-state index contributed by atoms with van der Waals surface area (Å²) in [4.78, 5) is 16.5. The molecular formula is C14H15F3N4O3. The fourth-order valence-corrected chi connectivity index (χ4v) is 1.79. The van der Waals surface area contributed by atoms with Gasteiger partial charge in [-0.05, 0) is 30.7 Å². The van der Waals surface area contributed by atoms with E-state index in [1.165, 1.54) is 29.2 Å². The van der Waals surface area contributed by atoms with E-state index in [0.29, 0.717) is 24.2 Å². The number of hydrogen-bond acceptors (Lipinski definition) is 5. The van der Waals surface area contributed by atoms with Crippen molar-refractivity contribution in [3.05, 3.63) is 30.2 Å². The van der Waals surface area contributed by atoms with Gasteiger partial charge in [-0.2, -0.15) is 18.2 Å². The molecule has 0 aliphatic carbocycles. The van der Waals surface area contributed by atoms with Crippen molar-refractivity contribution in [2.75, 3.05) is 25.5 Å². The molecule has 0 radical (unpaired) electrons. The number of alkyl halides is 3. The van der Waals surface area contributed by atoms with Crippen molar-refractivity contribution >= 4 is 11.7 Å². The molecule has 0 unspecified atom stereocenters. The van der Waals surface area contributed by atoms with Crippen molar-refractivity contribution in [2.24, 2.45) is 0 Å². The summed E-state index contributed by atoms with van der Waals surface area (Å²) < 4.78 is 41.4. The zero-order valence-electron chi connectivity index (χ0n) is 12.7. The molecule has 10 heteroatoms. The van der Waals surface area contributed by atoms with Crippen LogP contribution in [0.2, 0.25) is 0 Å². The lowest BCUT2D eigenvalue weighted by Crippen LogP contribution is -2.32. The highest BCUT2D eigenvalue weighted by atomic mass is 19.4. The molecule has 0 saturated carbocycles. The van der Waals surface area contributed by atoms with Crippen LogP contribution in [0.1, 0.15) is 12.3 Å². The van der Waals surface area contributed by atoms with Crippen LogP contribution >= 0.6 is 0 Å². The van der Waals surface area contributed by atoms with E-state index in [2.05, 4.69) is 20.0 Å². The normalized spacial score (nSPS) is 11.4. The maximum atomic E-state index is 12.4. The molecule has 24 heavy (non-hydrogen) atoms. The lowest BCUT2D eigenvalue weighted by molar-refractivity contribution is -0.159. The average Bonchev–Trinajstić information content (AvgIpc) is 3.03. The van der Waals surface area contributed by atoms with E-state index in [4.69, 9.17) is 5.11 Å². The number of aliphatic hydroxyl groups is 1. The summed E-state index contributed by atoms with van der Waals surface area (Å²) in [6.45, 7) is 0.375. The minimum absolute atomic E-state index is 0.0169. The highest BCUT2D eigenvalue weighted by Gasteiger charge is 2.38. The lowest BCUT2D eigenvalue weighted by atomic mass is 10.2. The summed E-state index contributed by atoms with van der Waals surface area (Å²) in [6.07, 6.45) is -4.24.